The third kappa shape index (κ3) is 2.92. The highest BCUT2D eigenvalue weighted by atomic mass is 32.1. The number of amides is 1. The van der Waals surface area contributed by atoms with Gasteiger partial charge < -0.3 is 9.32 Å². The van der Waals surface area contributed by atoms with Crippen molar-refractivity contribution in [1.82, 2.24) is 14.7 Å². The van der Waals surface area contributed by atoms with E-state index in [2.05, 4.69) is 5.10 Å². The van der Waals surface area contributed by atoms with Gasteiger partial charge in [0.2, 0.25) is 5.91 Å². The first-order valence-electron chi connectivity index (χ1n) is 7.06. The van der Waals surface area contributed by atoms with E-state index in [0.717, 1.165) is 35.4 Å². The maximum Gasteiger partial charge on any atom is 0.437 e. The number of carbonyl (C=O) groups is 1. The van der Waals surface area contributed by atoms with E-state index >= 15 is 0 Å². The molecule has 0 aliphatic carbocycles. The van der Waals surface area contributed by atoms with Crippen LogP contribution in [-0.4, -0.2) is 33.2 Å². The zero-order chi connectivity index (χ0) is 14.8. The van der Waals surface area contributed by atoms with Crippen LogP contribution in [0.15, 0.2) is 26.7 Å². The maximum atomic E-state index is 12.3. The van der Waals surface area contributed by atoms with Gasteiger partial charge >= 0.3 is 5.76 Å². The largest absolute Gasteiger partial charge is 0.437 e. The van der Waals surface area contributed by atoms with E-state index in [1.165, 1.54) is 11.3 Å². The summed E-state index contributed by atoms with van der Waals surface area (Å²) < 4.78 is 6.22. The van der Waals surface area contributed by atoms with E-state index in [1.54, 1.807) is 0 Å². The lowest BCUT2D eigenvalue weighted by Crippen LogP contribution is -2.44. The quantitative estimate of drug-likeness (QED) is 0.869. The molecule has 21 heavy (non-hydrogen) atoms. The average Bonchev–Trinajstić information content (AvgIpc) is 3.10. The molecule has 0 unspecified atom stereocenters. The van der Waals surface area contributed by atoms with E-state index < -0.39 is 5.76 Å². The Hall–Kier alpha value is -1.89. The second-order valence-corrected chi connectivity index (χ2v) is 6.19. The Morgan fingerprint density at radius 3 is 3.10 bits per heavy atom. The standard InChI is InChI=1S/C14H17N3O3S/c1-10-5-2-3-7-16(10)12(18)9-17-14(19)20-13(15-17)11-6-4-8-21-11/h4,6,8,10H,2-3,5,7,9H2,1H3/t10-/m0/s1. The number of carbonyl (C=O) groups excluding carboxylic acids is 1. The summed E-state index contributed by atoms with van der Waals surface area (Å²) in [5, 5.41) is 6.00. The van der Waals surface area contributed by atoms with Gasteiger partial charge in [-0.3, -0.25) is 4.79 Å². The van der Waals surface area contributed by atoms with Crippen LogP contribution in [0.2, 0.25) is 0 Å². The van der Waals surface area contributed by atoms with Crippen LogP contribution in [0, 0.1) is 0 Å². The molecule has 7 heteroatoms. The van der Waals surface area contributed by atoms with Crippen LogP contribution in [0.4, 0.5) is 0 Å². The predicted molar refractivity (Wildman–Crippen MR) is 79.1 cm³/mol. The highest BCUT2D eigenvalue weighted by molar-refractivity contribution is 7.13. The lowest BCUT2D eigenvalue weighted by molar-refractivity contribution is -0.135. The van der Waals surface area contributed by atoms with Gasteiger partial charge in [-0.25, -0.2) is 4.79 Å². The first-order chi connectivity index (χ1) is 10.1. The van der Waals surface area contributed by atoms with Crippen molar-refractivity contribution in [3.8, 4) is 10.8 Å². The summed E-state index contributed by atoms with van der Waals surface area (Å²) in [5.74, 6) is -0.388. The number of piperidine rings is 1. The SMILES string of the molecule is C[C@H]1CCCCN1C(=O)Cn1nc(-c2cccs2)oc1=O. The van der Waals surface area contributed by atoms with Gasteiger partial charge in [0.1, 0.15) is 6.54 Å². The topological polar surface area (TPSA) is 68.3 Å². The summed E-state index contributed by atoms with van der Waals surface area (Å²) in [6, 6.07) is 3.92. The Labute approximate surface area is 126 Å². The number of hydrogen-bond donors (Lipinski definition) is 0. The van der Waals surface area contributed by atoms with Crippen LogP contribution in [0.3, 0.4) is 0 Å². The summed E-state index contributed by atoms with van der Waals surface area (Å²) in [5.41, 5.74) is 0. The van der Waals surface area contributed by atoms with Crippen molar-refractivity contribution in [2.45, 2.75) is 38.8 Å². The molecule has 2 aromatic rings. The Bertz CT molecular complexity index is 674. The third-order valence-electron chi connectivity index (χ3n) is 3.75. The van der Waals surface area contributed by atoms with Gasteiger partial charge in [0.05, 0.1) is 4.88 Å². The molecule has 0 N–H and O–H groups in total. The molecular weight excluding hydrogens is 290 g/mol. The van der Waals surface area contributed by atoms with Crippen LogP contribution in [-0.2, 0) is 11.3 Å². The van der Waals surface area contributed by atoms with Gasteiger partial charge in [-0.15, -0.1) is 16.4 Å². The molecule has 1 aliphatic rings. The summed E-state index contributed by atoms with van der Waals surface area (Å²) in [4.78, 5) is 26.7. The number of thiophene rings is 1. The molecule has 2 aromatic heterocycles. The number of aromatic nitrogens is 2. The molecule has 0 spiro atoms. The molecule has 1 atom stereocenters. The van der Waals surface area contributed by atoms with E-state index in [0.29, 0.717) is 0 Å². The molecule has 1 amide bonds. The van der Waals surface area contributed by atoms with Gasteiger partial charge in [-0.2, -0.15) is 4.68 Å². The number of nitrogens with zero attached hydrogens (tertiary/aromatic N) is 3. The van der Waals surface area contributed by atoms with Crippen LogP contribution in [0.5, 0.6) is 0 Å². The Kier molecular flexibility index (Phi) is 3.92. The normalized spacial score (nSPS) is 18.9. The zero-order valence-electron chi connectivity index (χ0n) is 11.8. The number of hydrogen-bond acceptors (Lipinski definition) is 5. The molecule has 0 saturated carbocycles. The molecule has 1 saturated heterocycles. The van der Waals surface area contributed by atoms with Crippen molar-refractivity contribution in [1.29, 1.82) is 0 Å². The summed E-state index contributed by atoms with van der Waals surface area (Å²) in [6.45, 7) is 2.74. The van der Waals surface area contributed by atoms with Crippen molar-refractivity contribution in [3.63, 3.8) is 0 Å². The van der Waals surface area contributed by atoms with Crippen molar-refractivity contribution < 1.29 is 9.21 Å². The lowest BCUT2D eigenvalue weighted by atomic mass is 10.0. The van der Waals surface area contributed by atoms with Gasteiger partial charge in [-0.05, 0) is 37.6 Å². The maximum absolute atomic E-state index is 12.3. The summed E-state index contributed by atoms with van der Waals surface area (Å²) in [7, 11) is 0. The second kappa shape index (κ2) is 5.85. The van der Waals surface area contributed by atoms with Crippen molar-refractivity contribution in [3.05, 3.63) is 28.1 Å². The third-order valence-corrected chi connectivity index (χ3v) is 4.60. The van der Waals surface area contributed by atoms with E-state index in [4.69, 9.17) is 4.42 Å². The molecule has 0 aromatic carbocycles. The fraction of sp³-hybridized carbons (Fsp3) is 0.500. The zero-order valence-corrected chi connectivity index (χ0v) is 12.6. The minimum absolute atomic E-state index is 0.0575. The molecule has 0 bridgehead atoms. The monoisotopic (exact) mass is 307 g/mol. The second-order valence-electron chi connectivity index (χ2n) is 5.24. The Balaban J connectivity index is 1.76. The van der Waals surface area contributed by atoms with Gasteiger partial charge in [0.15, 0.2) is 0 Å². The fourth-order valence-electron chi connectivity index (χ4n) is 2.59. The number of likely N-dealkylation sites (tertiary alicyclic amines) is 1. The Morgan fingerprint density at radius 1 is 1.52 bits per heavy atom. The predicted octanol–water partition coefficient (Wildman–Crippen LogP) is 1.97. The van der Waals surface area contributed by atoms with Crippen LogP contribution in [0.25, 0.3) is 10.8 Å². The van der Waals surface area contributed by atoms with Gasteiger partial charge in [-0.1, -0.05) is 6.07 Å². The Morgan fingerprint density at radius 2 is 2.38 bits per heavy atom. The molecule has 1 fully saturated rings. The van der Waals surface area contributed by atoms with Gasteiger partial charge in [0.25, 0.3) is 5.89 Å². The average molecular weight is 307 g/mol. The first kappa shape index (κ1) is 14.1. The summed E-state index contributed by atoms with van der Waals surface area (Å²) >= 11 is 1.44. The van der Waals surface area contributed by atoms with Crippen LogP contribution >= 0.6 is 11.3 Å². The lowest BCUT2D eigenvalue weighted by Gasteiger charge is -2.33. The highest BCUT2D eigenvalue weighted by Crippen LogP contribution is 2.21. The number of rotatable bonds is 3. The van der Waals surface area contributed by atoms with Crippen molar-refractivity contribution in [2.24, 2.45) is 0 Å². The molecular formula is C14H17N3O3S. The van der Waals surface area contributed by atoms with Crippen LogP contribution < -0.4 is 5.76 Å². The molecule has 3 rings (SSSR count). The fourth-order valence-corrected chi connectivity index (χ4v) is 3.24. The molecule has 1 aliphatic heterocycles. The van der Waals surface area contributed by atoms with Crippen molar-refractivity contribution in [2.75, 3.05) is 6.54 Å². The van der Waals surface area contributed by atoms with Crippen LogP contribution in [0.1, 0.15) is 26.2 Å². The van der Waals surface area contributed by atoms with Crippen molar-refractivity contribution >= 4 is 17.2 Å². The molecule has 0 radical (unpaired) electrons. The highest BCUT2D eigenvalue weighted by Gasteiger charge is 2.24. The van der Waals surface area contributed by atoms with Gasteiger partial charge in [0, 0.05) is 12.6 Å². The van der Waals surface area contributed by atoms with E-state index in [-0.39, 0.29) is 24.4 Å². The minimum Gasteiger partial charge on any atom is -0.387 e. The molecule has 3 heterocycles. The summed E-state index contributed by atoms with van der Waals surface area (Å²) in [6.07, 6.45) is 3.18. The molecule has 112 valence electrons. The smallest absolute Gasteiger partial charge is 0.387 e. The molecule has 6 nitrogen and oxygen atoms in total. The van der Waals surface area contributed by atoms with E-state index in [9.17, 15) is 9.59 Å². The minimum atomic E-state index is -0.587. The first-order valence-corrected chi connectivity index (χ1v) is 7.94. The van der Waals surface area contributed by atoms with E-state index in [1.807, 2.05) is 29.3 Å².